The van der Waals surface area contributed by atoms with Gasteiger partial charge in [0.2, 0.25) is 0 Å². The van der Waals surface area contributed by atoms with Crippen LogP contribution in [-0.4, -0.2) is 11.6 Å². The molecule has 0 radical (unpaired) electrons. The fraction of sp³-hybridized carbons (Fsp3) is 0. The van der Waals surface area contributed by atoms with Crippen LogP contribution >= 0.6 is 11.6 Å². The average molecular weight is 245 g/mol. The van der Waals surface area contributed by atoms with Crippen LogP contribution in [0.5, 0.6) is 0 Å². The van der Waals surface area contributed by atoms with Gasteiger partial charge >= 0.3 is 0 Å². The quantitative estimate of drug-likeness (QED) is 0.750. The molecule has 0 spiro atoms. The number of benzene rings is 1. The molecule has 0 saturated heterocycles. The van der Waals surface area contributed by atoms with Crippen LogP contribution in [0, 0.1) is 0 Å². The van der Waals surface area contributed by atoms with Crippen molar-refractivity contribution in [1.29, 1.82) is 0 Å². The van der Waals surface area contributed by atoms with Crippen molar-refractivity contribution in [3.05, 3.63) is 64.7 Å². The highest BCUT2D eigenvalue weighted by Crippen LogP contribution is 2.18. The van der Waals surface area contributed by atoms with Crippen molar-refractivity contribution in [1.82, 2.24) is 0 Å². The molecular formula is C14H9ClO2. The minimum absolute atomic E-state index is 0.173. The van der Waals surface area contributed by atoms with Gasteiger partial charge in [0.1, 0.15) is 0 Å². The van der Waals surface area contributed by atoms with E-state index in [0.717, 1.165) is 5.56 Å². The molecule has 0 heterocycles. The van der Waals surface area contributed by atoms with E-state index in [-0.39, 0.29) is 11.6 Å². The summed E-state index contributed by atoms with van der Waals surface area (Å²) in [6.45, 7) is 0. The lowest BCUT2D eigenvalue weighted by atomic mass is 10.0. The summed E-state index contributed by atoms with van der Waals surface area (Å²) in [4.78, 5) is 22.6. The zero-order valence-corrected chi connectivity index (χ0v) is 9.65. The van der Waals surface area contributed by atoms with E-state index in [9.17, 15) is 9.59 Å². The SMILES string of the molecule is O=C1C=CC(=O)C(/C=C/c2ccccc2Cl)=C1. The number of halogens is 1. The molecule has 84 valence electrons. The molecule has 0 unspecified atom stereocenters. The molecule has 0 bridgehead atoms. The first-order valence-corrected chi connectivity index (χ1v) is 5.45. The van der Waals surface area contributed by atoms with Crippen molar-refractivity contribution in [2.75, 3.05) is 0 Å². The molecule has 0 atom stereocenters. The summed E-state index contributed by atoms with van der Waals surface area (Å²) >= 11 is 5.97. The molecule has 0 fully saturated rings. The smallest absolute Gasteiger partial charge is 0.186 e. The molecule has 0 N–H and O–H groups in total. The van der Waals surface area contributed by atoms with Gasteiger partial charge in [-0.3, -0.25) is 9.59 Å². The Morgan fingerprint density at radius 1 is 1.00 bits per heavy atom. The maximum atomic E-state index is 11.5. The normalized spacial score (nSPS) is 15.5. The highest BCUT2D eigenvalue weighted by molar-refractivity contribution is 6.32. The minimum atomic E-state index is -0.177. The second-order valence-corrected chi connectivity index (χ2v) is 3.96. The lowest BCUT2D eigenvalue weighted by molar-refractivity contribution is -0.114. The van der Waals surface area contributed by atoms with Crippen molar-refractivity contribution in [3.8, 4) is 0 Å². The third-order valence-electron chi connectivity index (χ3n) is 2.33. The summed E-state index contributed by atoms with van der Waals surface area (Å²) in [7, 11) is 0. The predicted octanol–water partition coefficient (Wildman–Crippen LogP) is 2.99. The average Bonchev–Trinajstić information content (AvgIpc) is 2.32. The first kappa shape index (κ1) is 11.6. The predicted molar refractivity (Wildman–Crippen MR) is 67.7 cm³/mol. The molecular weight excluding hydrogens is 236 g/mol. The van der Waals surface area contributed by atoms with Crippen LogP contribution < -0.4 is 0 Å². The minimum Gasteiger partial charge on any atom is -0.290 e. The number of rotatable bonds is 2. The molecule has 1 aliphatic carbocycles. The Kier molecular flexibility index (Phi) is 3.35. The highest BCUT2D eigenvalue weighted by Gasteiger charge is 2.09. The van der Waals surface area contributed by atoms with Gasteiger partial charge in [-0.05, 0) is 29.9 Å². The Bertz CT molecular complexity index is 565. The molecule has 2 nitrogen and oxygen atoms in total. The zero-order chi connectivity index (χ0) is 12.3. The van der Waals surface area contributed by atoms with E-state index in [4.69, 9.17) is 11.6 Å². The number of ketones is 2. The fourth-order valence-corrected chi connectivity index (χ4v) is 1.65. The Hall–Kier alpha value is -1.93. The van der Waals surface area contributed by atoms with Gasteiger partial charge in [-0.2, -0.15) is 0 Å². The second kappa shape index (κ2) is 4.93. The van der Waals surface area contributed by atoms with Crippen LogP contribution in [0.2, 0.25) is 5.02 Å². The van der Waals surface area contributed by atoms with Crippen molar-refractivity contribution < 1.29 is 9.59 Å². The Balaban J connectivity index is 2.25. The van der Waals surface area contributed by atoms with E-state index in [1.54, 1.807) is 18.2 Å². The van der Waals surface area contributed by atoms with Gasteiger partial charge in [-0.1, -0.05) is 42.0 Å². The Morgan fingerprint density at radius 2 is 1.76 bits per heavy atom. The van der Waals surface area contributed by atoms with Crippen LogP contribution in [0.3, 0.4) is 0 Å². The summed E-state index contributed by atoms with van der Waals surface area (Å²) in [6, 6.07) is 7.29. The second-order valence-electron chi connectivity index (χ2n) is 3.55. The number of carbonyl (C=O) groups excluding carboxylic acids is 2. The van der Waals surface area contributed by atoms with Gasteiger partial charge in [0.15, 0.2) is 11.6 Å². The lowest BCUT2D eigenvalue weighted by Crippen LogP contribution is -2.05. The van der Waals surface area contributed by atoms with E-state index in [1.165, 1.54) is 18.2 Å². The fourth-order valence-electron chi connectivity index (χ4n) is 1.45. The standard InChI is InChI=1S/C14H9ClO2/c15-13-4-2-1-3-10(13)5-6-11-9-12(16)7-8-14(11)17/h1-9H/b6-5+. The molecule has 1 aromatic carbocycles. The van der Waals surface area contributed by atoms with E-state index in [1.807, 2.05) is 18.2 Å². The topological polar surface area (TPSA) is 34.1 Å². The maximum Gasteiger partial charge on any atom is 0.186 e. The monoisotopic (exact) mass is 244 g/mol. The third-order valence-corrected chi connectivity index (χ3v) is 2.67. The van der Waals surface area contributed by atoms with E-state index in [2.05, 4.69) is 0 Å². The van der Waals surface area contributed by atoms with Crippen LogP contribution in [0.1, 0.15) is 5.56 Å². The molecule has 0 aliphatic heterocycles. The van der Waals surface area contributed by atoms with E-state index < -0.39 is 0 Å². The first-order valence-electron chi connectivity index (χ1n) is 5.07. The van der Waals surface area contributed by atoms with E-state index >= 15 is 0 Å². The van der Waals surface area contributed by atoms with Gasteiger partial charge in [0, 0.05) is 10.6 Å². The van der Waals surface area contributed by atoms with Gasteiger partial charge < -0.3 is 0 Å². The Morgan fingerprint density at radius 3 is 2.53 bits per heavy atom. The molecule has 0 aromatic heterocycles. The number of allylic oxidation sites excluding steroid dienone is 5. The van der Waals surface area contributed by atoms with Gasteiger partial charge in [0.25, 0.3) is 0 Å². The van der Waals surface area contributed by atoms with E-state index in [0.29, 0.717) is 10.6 Å². The van der Waals surface area contributed by atoms with Crippen LogP contribution in [0.25, 0.3) is 6.08 Å². The zero-order valence-electron chi connectivity index (χ0n) is 8.89. The largest absolute Gasteiger partial charge is 0.290 e. The molecule has 0 saturated carbocycles. The van der Waals surface area contributed by atoms with Crippen molar-refractivity contribution in [2.45, 2.75) is 0 Å². The maximum absolute atomic E-state index is 11.5. The molecule has 0 amide bonds. The summed E-state index contributed by atoms with van der Waals surface area (Å²) in [5.74, 6) is -0.351. The van der Waals surface area contributed by atoms with Crippen molar-refractivity contribution >= 4 is 29.2 Å². The summed E-state index contributed by atoms with van der Waals surface area (Å²) in [5, 5.41) is 0.606. The summed E-state index contributed by atoms with van der Waals surface area (Å²) < 4.78 is 0. The van der Waals surface area contributed by atoms with Crippen LogP contribution in [0.15, 0.2) is 54.1 Å². The number of hydrogen-bond donors (Lipinski definition) is 0. The van der Waals surface area contributed by atoms with Crippen LogP contribution in [-0.2, 0) is 9.59 Å². The highest BCUT2D eigenvalue weighted by atomic mass is 35.5. The molecule has 1 aliphatic rings. The molecule has 3 heteroatoms. The van der Waals surface area contributed by atoms with Crippen molar-refractivity contribution in [3.63, 3.8) is 0 Å². The summed E-state index contributed by atoms with van der Waals surface area (Å²) in [5.41, 5.74) is 1.18. The molecule has 2 rings (SSSR count). The first-order chi connectivity index (χ1) is 8.16. The lowest BCUT2D eigenvalue weighted by Gasteiger charge is -2.01. The third kappa shape index (κ3) is 2.80. The number of hydrogen-bond acceptors (Lipinski definition) is 2. The van der Waals surface area contributed by atoms with Gasteiger partial charge in [0.05, 0.1) is 0 Å². The van der Waals surface area contributed by atoms with Gasteiger partial charge in [-0.25, -0.2) is 0 Å². The van der Waals surface area contributed by atoms with Crippen molar-refractivity contribution in [2.24, 2.45) is 0 Å². The molecule has 17 heavy (non-hydrogen) atoms. The number of carbonyl (C=O) groups is 2. The summed E-state index contributed by atoms with van der Waals surface area (Å²) in [6.07, 6.45) is 7.17. The Labute approximate surface area is 104 Å². The van der Waals surface area contributed by atoms with Gasteiger partial charge in [-0.15, -0.1) is 0 Å². The molecule has 1 aromatic rings. The van der Waals surface area contributed by atoms with Crippen LogP contribution in [0.4, 0.5) is 0 Å².